The second-order valence-electron chi connectivity index (χ2n) is 3.25. The van der Waals surface area contributed by atoms with Crippen molar-refractivity contribution in [1.82, 2.24) is 0 Å². The highest BCUT2D eigenvalue weighted by Crippen LogP contribution is 2.22. The van der Waals surface area contributed by atoms with Crippen LogP contribution in [0.1, 0.15) is 13.8 Å². The molecule has 0 aromatic carbocycles. The molecule has 0 unspecified atom stereocenters. The zero-order chi connectivity index (χ0) is 9.90. The third kappa shape index (κ3) is 3.16. The molecule has 4 heteroatoms. The van der Waals surface area contributed by atoms with E-state index in [2.05, 4.69) is 4.74 Å². The first-order chi connectivity index (χ1) is 6.03. The number of esters is 1. The fourth-order valence-electron chi connectivity index (χ4n) is 1.06. The Morgan fingerprint density at radius 3 is 2.77 bits per heavy atom. The third-order valence-electron chi connectivity index (χ3n) is 1.68. The summed E-state index contributed by atoms with van der Waals surface area (Å²) in [5.41, 5.74) is 0. The minimum absolute atomic E-state index is 0.158. The summed E-state index contributed by atoms with van der Waals surface area (Å²) in [5, 5.41) is 0. The molecule has 0 aromatic heterocycles. The minimum Gasteiger partial charge on any atom is -0.466 e. The number of carbonyl (C=O) groups is 1. The lowest BCUT2D eigenvalue weighted by atomic mass is 10.3. The molecule has 74 valence electrons. The molecule has 0 aliphatic carbocycles. The van der Waals surface area contributed by atoms with Crippen LogP contribution in [0.25, 0.3) is 0 Å². The fourth-order valence-corrected chi connectivity index (χ4v) is 1.06. The van der Waals surface area contributed by atoms with Crippen molar-refractivity contribution >= 4 is 5.97 Å². The Kier molecular flexibility index (Phi) is 3.06. The average Bonchev–Trinajstić information content (AvgIpc) is 2.41. The van der Waals surface area contributed by atoms with E-state index in [1.54, 1.807) is 6.08 Å². The SMILES string of the molecule is COC(=O)/C=C/[C@H]1COC(C)(C)O1. The highest BCUT2D eigenvalue weighted by atomic mass is 16.7. The molecule has 13 heavy (non-hydrogen) atoms. The van der Waals surface area contributed by atoms with Crippen molar-refractivity contribution in [2.24, 2.45) is 0 Å². The van der Waals surface area contributed by atoms with Gasteiger partial charge in [-0.2, -0.15) is 0 Å². The largest absolute Gasteiger partial charge is 0.466 e. The number of hydrogen-bond acceptors (Lipinski definition) is 4. The molecule has 4 nitrogen and oxygen atoms in total. The average molecular weight is 186 g/mol. The van der Waals surface area contributed by atoms with Gasteiger partial charge in [-0.1, -0.05) is 0 Å². The lowest BCUT2D eigenvalue weighted by Gasteiger charge is -2.15. The molecule has 1 heterocycles. The second kappa shape index (κ2) is 3.89. The topological polar surface area (TPSA) is 44.8 Å². The predicted octanol–water partition coefficient (Wildman–Crippen LogP) is 0.867. The molecule has 0 radical (unpaired) electrons. The molecule has 1 fully saturated rings. The zero-order valence-electron chi connectivity index (χ0n) is 8.07. The molecule has 1 aliphatic heterocycles. The molecule has 1 aliphatic rings. The lowest BCUT2D eigenvalue weighted by molar-refractivity contribution is -0.136. The Morgan fingerprint density at radius 2 is 2.31 bits per heavy atom. The van der Waals surface area contributed by atoms with Crippen LogP contribution in [0.3, 0.4) is 0 Å². The summed E-state index contributed by atoms with van der Waals surface area (Å²) in [6.07, 6.45) is 2.82. The van der Waals surface area contributed by atoms with Crippen molar-refractivity contribution in [1.29, 1.82) is 0 Å². The van der Waals surface area contributed by atoms with Crippen LogP contribution in [0, 0.1) is 0 Å². The fraction of sp³-hybridized carbons (Fsp3) is 0.667. The van der Waals surface area contributed by atoms with Gasteiger partial charge >= 0.3 is 5.97 Å². The third-order valence-corrected chi connectivity index (χ3v) is 1.68. The summed E-state index contributed by atoms with van der Waals surface area (Å²) in [7, 11) is 1.34. The smallest absolute Gasteiger partial charge is 0.330 e. The highest BCUT2D eigenvalue weighted by Gasteiger charge is 2.30. The standard InChI is InChI=1S/C9H14O4/c1-9(2)12-6-7(13-9)4-5-8(10)11-3/h4-5,7H,6H2,1-3H3/b5-4+/t7-/m0/s1. The van der Waals surface area contributed by atoms with Crippen molar-refractivity contribution < 1.29 is 19.0 Å². The molecule has 0 bridgehead atoms. The zero-order valence-corrected chi connectivity index (χ0v) is 8.07. The highest BCUT2D eigenvalue weighted by molar-refractivity contribution is 5.81. The molecule has 1 rings (SSSR count). The summed E-state index contributed by atoms with van der Waals surface area (Å²) in [4.78, 5) is 10.7. The van der Waals surface area contributed by atoms with E-state index in [-0.39, 0.29) is 12.1 Å². The predicted molar refractivity (Wildman–Crippen MR) is 46.1 cm³/mol. The maximum absolute atomic E-state index is 10.7. The molecular formula is C9H14O4. The summed E-state index contributed by atoms with van der Waals surface area (Å²) in [6, 6.07) is 0. The summed E-state index contributed by atoms with van der Waals surface area (Å²) in [5.74, 6) is -0.932. The monoisotopic (exact) mass is 186 g/mol. The summed E-state index contributed by atoms with van der Waals surface area (Å²) < 4.78 is 15.2. The van der Waals surface area contributed by atoms with E-state index >= 15 is 0 Å². The molecule has 1 saturated heterocycles. The molecular weight excluding hydrogens is 172 g/mol. The van der Waals surface area contributed by atoms with Crippen molar-refractivity contribution in [2.45, 2.75) is 25.7 Å². The molecule has 0 N–H and O–H groups in total. The van der Waals surface area contributed by atoms with Gasteiger partial charge in [0.25, 0.3) is 0 Å². The molecule has 0 aromatic rings. The first-order valence-electron chi connectivity index (χ1n) is 4.11. The molecule has 0 saturated carbocycles. The van der Waals surface area contributed by atoms with Gasteiger partial charge in [-0.3, -0.25) is 0 Å². The van der Waals surface area contributed by atoms with E-state index in [9.17, 15) is 4.79 Å². The second-order valence-corrected chi connectivity index (χ2v) is 3.25. The molecule has 0 spiro atoms. The number of methoxy groups -OCH3 is 1. The molecule has 0 amide bonds. The van der Waals surface area contributed by atoms with Gasteiger partial charge in [-0.15, -0.1) is 0 Å². The lowest BCUT2D eigenvalue weighted by Crippen LogP contribution is -2.20. The van der Waals surface area contributed by atoms with Crippen LogP contribution in [0.5, 0.6) is 0 Å². The van der Waals surface area contributed by atoms with Crippen LogP contribution in [-0.2, 0) is 19.0 Å². The van der Waals surface area contributed by atoms with Crippen LogP contribution in [0.15, 0.2) is 12.2 Å². The Bertz CT molecular complexity index is 220. The number of rotatable bonds is 2. The van der Waals surface area contributed by atoms with Gasteiger partial charge in [-0.05, 0) is 19.9 Å². The Balaban J connectivity index is 2.40. The summed E-state index contributed by atoms with van der Waals surface area (Å²) >= 11 is 0. The maximum atomic E-state index is 10.7. The Hall–Kier alpha value is -0.870. The van der Waals surface area contributed by atoms with Crippen LogP contribution in [0.2, 0.25) is 0 Å². The Morgan fingerprint density at radius 1 is 1.62 bits per heavy atom. The maximum Gasteiger partial charge on any atom is 0.330 e. The van der Waals surface area contributed by atoms with E-state index in [1.807, 2.05) is 13.8 Å². The Labute approximate surface area is 77.5 Å². The van der Waals surface area contributed by atoms with Gasteiger partial charge in [0.15, 0.2) is 5.79 Å². The van der Waals surface area contributed by atoms with Crippen LogP contribution in [-0.4, -0.2) is 31.6 Å². The quantitative estimate of drug-likeness (QED) is 0.474. The van der Waals surface area contributed by atoms with E-state index in [0.29, 0.717) is 6.61 Å². The van der Waals surface area contributed by atoms with Crippen molar-refractivity contribution in [3.05, 3.63) is 12.2 Å². The van der Waals surface area contributed by atoms with Gasteiger partial charge in [0, 0.05) is 6.08 Å². The van der Waals surface area contributed by atoms with E-state index in [1.165, 1.54) is 13.2 Å². The van der Waals surface area contributed by atoms with Gasteiger partial charge < -0.3 is 14.2 Å². The van der Waals surface area contributed by atoms with Crippen LogP contribution in [0.4, 0.5) is 0 Å². The minimum atomic E-state index is -0.550. The first kappa shape index (κ1) is 10.2. The van der Waals surface area contributed by atoms with Gasteiger partial charge in [0.05, 0.1) is 13.7 Å². The van der Waals surface area contributed by atoms with Crippen LogP contribution < -0.4 is 0 Å². The number of hydrogen-bond donors (Lipinski definition) is 0. The van der Waals surface area contributed by atoms with Gasteiger partial charge in [0.1, 0.15) is 6.10 Å². The van der Waals surface area contributed by atoms with E-state index in [0.717, 1.165) is 0 Å². The van der Waals surface area contributed by atoms with Crippen molar-refractivity contribution in [3.63, 3.8) is 0 Å². The van der Waals surface area contributed by atoms with Crippen molar-refractivity contribution in [3.8, 4) is 0 Å². The van der Waals surface area contributed by atoms with E-state index in [4.69, 9.17) is 9.47 Å². The van der Waals surface area contributed by atoms with Crippen LogP contribution >= 0.6 is 0 Å². The van der Waals surface area contributed by atoms with Gasteiger partial charge in [0.2, 0.25) is 0 Å². The normalized spacial score (nSPS) is 26.5. The summed E-state index contributed by atoms with van der Waals surface area (Å²) in [6.45, 7) is 4.14. The number of carbonyl (C=O) groups excluding carboxylic acids is 1. The van der Waals surface area contributed by atoms with Crippen molar-refractivity contribution in [2.75, 3.05) is 13.7 Å². The van der Waals surface area contributed by atoms with E-state index < -0.39 is 5.79 Å². The van der Waals surface area contributed by atoms with Gasteiger partial charge in [-0.25, -0.2) is 4.79 Å². The first-order valence-corrected chi connectivity index (χ1v) is 4.11. The molecule has 1 atom stereocenters. The number of ether oxygens (including phenoxy) is 3.